The standard InChI is InChI=1S/C26H27N5O2S/c32-24(23-9-4-11-30(23)16-18-14-19(15-18)25-27-10-13-33-25)29-26-28-21(17-34-26)22-8-5-12-31(22)20-6-2-1-3-7-20/h1-4,6-7,9-11,13,17-19,22H,5,8,12,14-16H2,(H,28,29,32)/t18?,19?,22-/m1/s1. The van der Waals surface area contributed by atoms with Crippen LogP contribution in [0.4, 0.5) is 10.8 Å². The molecule has 1 aliphatic carbocycles. The minimum Gasteiger partial charge on any atom is -0.449 e. The van der Waals surface area contributed by atoms with Gasteiger partial charge in [0.05, 0.1) is 17.9 Å². The van der Waals surface area contributed by atoms with Crippen LogP contribution in [0.2, 0.25) is 0 Å². The number of carbonyl (C=O) groups excluding carboxylic acids is 1. The van der Waals surface area contributed by atoms with Crippen LogP contribution in [0.25, 0.3) is 0 Å². The highest BCUT2D eigenvalue weighted by molar-refractivity contribution is 7.14. The van der Waals surface area contributed by atoms with E-state index in [1.807, 2.05) is 24.4 Å². The van der Waals surface area contributed by atoms with Crippen molar-refractivity contribution >= 4 is 28.1 Å². The fraction of sp³-hybridized carbons (Fsp3) is 0.346. The number of benzene rings is 1. The molecular weight excluding hydrogens is 446 g/mol. The van der Waals surface area contributed by atoms with E-state index in [0.717, 1.165) is 50.4 Å². The quantitative estimate of drug-likeness (QED) is 0.371. The Balaban J connectivity index is 1.09. The summed E-state index contributed by atoms with van der Waals surface area (Å²) >= 11 is 1.50. The van der Waals surface area contributed by atoms with Gasteiger partial charge < -0.3 is 13.9 Å². The number of hydrogen-bond acceptors (Lipinski definition) is 6. The summed E-state index contributed by atoms with van der Waals surface area (Å²) < 4.78 is 7.48. The van der Waals surface area contributed by atoms with Crippen LogP contribution in [-0.2, 0) is 6.54 Å². The lowest BCUT2D eigenvalue weighted by atomic mass is 9.74. The molecule has 3 aromatic heterocycles. The van der Waals surface area contributed by atoms with E-state index in [1.54, 1.807) is 12.5 Å². The van der Waals surface area contributed by atoms with E-state index in [9.17, 15) is 4.79 Å². The second-order valence-electron chi connectivity index (χ2n) is 9.17. The third-order valence-corrected chi connectivity index (χ3v) is 7.75. The molecule has 2 fully saturated rings. The van der Waals surface area contributed by atoms with Gasteiger partial charge in [-0.1, -0.05) is 18.2 Å². The number of nitrogens with zero attached hydrogens (tertiary/aromatic N) is 4. The second-order valence-corrected chi connectivity index (χ2v) is 10.0. The lowest BCUT2D eigenvalue weighted by molar-refractivity contribution is 0.101. The maximum atomic E-state index is 13.1. The van der Waals surface area contributed by atoms with Gasteiger partial charge >= 0.3 is 0 Å². The summed E-state index contributed by atoms with van der Waals surface area (Å²) in [7, 11) is 0. The smallest absolute Gasteiger partial charge is 0.274 e. The first-order valence-corrected chi connectivity index (χ1v) is 12.8. The van der Waals surface area contributed by atoms with E-state index in [2.05, 4.69) is 49.4 Å². The topological polar surface area (TPSA) is 76.2 Å². The zero-order chi connectivity index (χ0) is 22.9. The van der Waals surface area contributed by atoms with Crippen molar-refractivity contribution in [1.82, 2.24) is 14.5 Å². The maximum Gasteiger partial charge on any atom is 0.274 e. The molecule has 4 heterocycles. The first-order chi connectivity index (χ1) is 16.7. The van der Waals surface area contributed by atoms with Gasteiger partial charge in [-0.3, -0.25) is 10.1 Å². The molecule has 1 N–H and O–H groups in total. The third kappa shape index (κ3) is 4.14. The highest BCUT2D eigenvalue weighted by atomic mass is 32.1. The SMILES string of the molecule is O=C(Nc1nc([C@H]2CCCN2c2ccccc2)cs1)c1cccn1CC1CC(c2ncco2)C1. The molecule has 174 valence electrons. The molecule has 2 aliphatic rings. The van der Waals surface area contributed by atoms with Crippen molar-refractivity contribution in [2.75, 3.05) is 16.8 Å². The molecule has 0 unspecified atom stereocenters. The van der Waals surface area contributed by atoms with Crippen LogP contribution in [0.15, 0.2) is 70.9 Å². The molecule has 0 spiro atoms. The number of rotatable bonds is 7. The summed E-state index contributed by atoms with van der Waals surface area (Å²) in [6.07, 6.45) is 9.61. The average Bonchev–Trinajstić information content (AvgIpc) is 3.63. The number of anilines is 2. The van der Waals surface area contributed by atoms with Crippen molar-refractivity contribution < 1.29 is 9.21 Å². The van der Waals surface area contributed by atoms with Crippen LogP contribution in [0.1, 0.15) is 59.7 Å². The number of para-hydroxylation sites is 1. The van der Waals surface area contributed by atoms with Gasteiger partial charge in [-0.2, -0.15) is 0 Å². The third-order valence-electron chi connectivity index (χ3n) is 6.98. The van der Waals surface area contributed by atoms with Gasteiger partial charge in [0.25, 0.3) is 5.91 Å². The first-order valence-electron chi connectivity index (χ1n) is 11.9. The molecule has 7 nitrogen and oxygen atoms in total. The Bertz CT molecular complexity index is 1240. The van der Waals surface area contributed by atoms with Gasteiger partial charge in [-0.25, -0.2) is 9.97 Å². The van der Waals surface area contributed by atoms with Gasteiger partial charge in [0.1, 0.15) is 12.0 Å². The van der Waals surface area contributed by atoms with Crippen molar-refractivity contribution in [3.63, 3.8) is 0 Å². The first kappa shape index (κ1) is 21.2. The van der Waals surface area contributed by atoms with Crippen molar-refractivity contribution in [1.29, 1.82) is 0 Å². The largest absolute Gasteiger partial charge is 0.449 e. The fourth-order valence-electron chi connectivity index (χ4n) is 5.24. The van der Waals surface area contributed by atoms with Gasteiger partial charge in [0.15, 0.2) is 11.0 Å². The molecular formula is C26H27N5O2S. The Kier molecular flexibility index (Phi) is 5.66. The Morgan fingerprint density at radius 1 is 1.18 bits per heavy atom. The average molecular weight is 474 g/mol. The predicted molar refractivity (Wildman–Crippen MR) is 132 cm³/mol. The summed E-state index contributed by atoms with van der Waals surface area (Å²) in [6.45, 7) is 1.85. The molecule has 1 aromatic carbocycles. The fourth-order valence-corrected chi connectivity index (χ4v) is 5.99. The summed E-state index contributed by atoms with van der Waals surface area (Å²) in [4.78, 5) is 24.5. The number of aromatic nitrogens is 3. The van der Waals surface area contributed by atoms with Crippen LogP contribution >= 0.6 is 11.3 Å². The Morgan fingerprint density at radius 3 is 2.88 bits per heavy atom. The highest BCUT2D eigenvalue weighted by Gasteiger charge is 2.34. The van der Waals surface area contributed by atoms with Crippen molar-refractivity contribution in [3.05, 3.63) is 83.8 Å². The normalized spacial score (nSPS) is 22.0. The number of nitrogens with one attached hydrogen (secondary N) is 1. The maximum absolute atomic E-state index is 13.1. The molecule has 34 heavy (non-hydrogen) atoms. The summed E-state index contributed by atoms with van der Waals surface area (Å²) in [5.41, 5.74) is 2.93. The molecule has 6 rings (SSSR count). The highest BCUT2D eigenvalue weighted by Crippen LogP contribution is 2.42. The van der Waals surface area contributed by atoms with E-state index < -0.39 is 0 Å². The zero-order valence-electron chi connectivity index (χ0n) is 18.8. The molecule has 1 saturated carbocycles. The number of amides is 1. The van der Waals surface area contributed by atoms with E-state index in [0.29, 0.717) is 22.7 Å². The van der Waals surface area contributed by atoms with Gasteiger partial charge in [-0.15, -0.1) is 11.3 Å². The molecule has 1 amide bonds. The van der Waals surface area contributed by atoms with Gasteiger partial charge in [0, 0.05) is 36.3 Å². The van der Waals surface area contributed by atoms with E-state index in [4.69, 9.17) is 9.40 Å². The van der Waals surface area contributed by atoms with Crippen molar-refractivity contribution in [3.8, 4) is 0 Å². The van der Waals surface area contributed by atoms with Gasteiger partial charge in [0.2, 0.25) is 0 Å². The lowest BCUT2D eigenvalue weighted by Crippen LogP contribution is -2.28. The van der Waals surface area contributed by atoms with E-state index >= 15 is 0 Å². The number of carbonyl (C=O) groups is 1. The summed E-state index contributed by atoms with van der Waals surface area (Å²) in [5, 5.41) is 5.76. The molecule has 1 aliphatic heterocycles. The number of oxazole rings is 1. The molecule has 1 atom stereocenters. The molecule has 1 saturated heterocycles. The minimum absolute atomic E-state index is 0.110. The van der Waals surface area contributed by atoms with Crippen LogP contribution in [0.3, 0.4) is 0 Å². The van der Waals surface area contributed by atoms with E-state index in [-0.39, 0.29) is 11.9 Å². The van der Waals surface area contributed by atoms with Crippen LogP contribution in [0.5, 0.6) is 0 Å². The molecule has 8 heteroatoms. The monoisotopic (exact) mass is 473 g/mol. The zero-order valence-corrected chi connectivity index (χ0v) is 19.7. The summed E-state index contributed by atoms with van der Waals surface area (Å²) in [6, 6.07) is 14.6. The lowest BCUT2D eigenvalue weighted by Gasteiger charge is -2.33. The van der Waals surface area contributed by atoms with Crippen LogP contribution in [0, 0.1) is 5.92 Å². The Hall–Kier alpha value is -3.39. The van der Waals surface area contributed by atoms with Crippen LogP contribution in [-0.4, -0.2) is 27.0 Å². The predicted octanol–water partition coefficient (Wildman–Crippen LogP) is 5.72. The molecule has 0 bridgehead atoms. The molecule has 4 aromatic rings. The van der Waals surface area contributed by atoms with E-state index in [1.165, 1.54) is 17.0 Å². The summed E-state index contributed by atoms with van der Waals surface area (Å²) in [5.74, 6) is 1.64. The van der Waals surface area contributed by atoms with Crippen molar-refractivity contribution in [2.24, 2.45) is 5.92 Å². The molecule has 0 radical (unpaired) electrons. The minimum atomic E-state index is -0.110. The Labute approximate surface area is 202 Å². The van der Waals surface area contributed by atoms with Gasteiger partial charge in [-0.05, 0) is 55.9 Å². The second kappa shape index (κ2) is 9.10. The number of hydrogen-bond donors (Lipinski definition) is 1. The van der Waals surface area contributed by atoms with Crippen LogP contribution < -0.4 is 10.2 Å². The van der Waals surface area contributed by atoms with Crippen molar-refractivity contribution in [2.45, 2.75) is 44.2 Å². The Morgan fingerprint density at radius 2 is 2.06 bits per heavy atom. The number of thiazole rings is 1.